The largest absolute Gasteiger partial charge is 0.416 e. The molecule has 0 saturated carbocycles. The SMILES string of the molecule is Cc1cnn(C[C@H](O)C(F)(F)F)c1. The molecule has 6 heteroatoms. The van der Waals surface area contributed by atoms with Crippen LogP contribution in [0.4, 0.5) is 13.2 Å². The Morgan fingerprint density at radius 2 is 2.23 bits per heavy atom. The zero-order chi connectivity index (χ0) is 10.1. The lowest BCUT2D eigenvalue weighted by Gasteiger charge is -2.13. The number of hydrogen-bond acceptors (Lipinski definition) is 2. The van der Waals surface area contributed by atoms with E-state index in [2.05, 4.69) is 5.10 Å². The molecular formula is C7H9F3N2O. The molecule has 74 valence electrons. The van der Waals surface area contributed by atoms with Crippen molar-refractivity contribution < 1.29 is 18.3 Å². The van der Waals surface area contributed by atoms with Gasteiger partial charge in [0.15, 0.2) is 6.10 Å². The maximum absolute atomic E-state index is 11.9. The van der Waals surface area contributed by atoms with E-state index < -0.39 is 18.8 Å². The maximum atomic E-state index is 11.9. The molecule has 1 aromatic heterocycles. The number of alkyl halides is 3. The fraction of sp³-hybridized carbons (Fsp3) is 0.571. The van der Waals surface area contributed by atoms with Gasteiger partial charge in [0.25, 0.3) is 0 Å². The van der Waals surface area contributed by atoms with Crippen molar-refractivity contribution >= 4 is 0 Å². The smallest absolute Gasteiger partial charge is 0.382 e. The molecule has 0 radical (unpaired) electrons. The number of rotatable bonds is 2. The highest BCUT2D eigenvalue weighted by Crippen LogP contribution is 2.20. The molecule has 1 aromatic rings. The molecule has 3 nitrogen and oxygen atoms in total. The van der Waals surface area contributed by atoms with Crippen molar-refractivity contribution in [2.24, 2.45) is 0 Å². The predicted molar refractivity (Wildman–Crippen MR) is 39.0 cm³/mol. The van der Waals surface area contributed by atoms with Crippen LogP contribution in [0.5, 0.6) is 0 Å². The average Bonchev–Trinajstić information content (AvgIpc) is 2.33. The van der Waals surface area contributed by atoms with Gasteiger partial charge in [-0.05, 0) is 12.5 Å². The van der Waals surface area contributed by atoms with Gasteiger partial charge in [-0.1, -0.05) is 0 Å². The number of aryl methyl sites for hydroxylation is 1. The third-order valence-corrected chi connectivity index (χ3v) is 1.50. The summed E-state index contributed by atoms with van der Waals surface area (Å²) in [5.41, 5.74) is 0.759. The average molecular weight is 194 g/mol. The van der Waals surface area contributed by atoms with Gasteiger partial charge in [-0.2, -0.15) is 18.3 Å². The molecule has 0 spiro atoms. The van der Waals surface area contributed by atoms with E-state index >= 15 is 0 Å². The van der Waals surface area contributed by atoms with Crippen molar-refractivity contribution in [1.82, 2.24) is 9.78 Å². The molecule has 0 aliphatic carbocycles. The second-order valence-corrected chi connectivity index (χ2v) is 2.80. The van der Waals surface area contributed by atoms with Gasteiger partial charge in [-0.3, -0.25) is 4.68 Å². The quantitative estimate of drug-likeness (QED) is 0.765. The molecule has 13 heavy (non-hydrogen) atoms. The lowest BCUT2D eigenvalue weighted by atomic mass is 10.3. The number of aliphatic hydroxyl groups is 1. The van der Waals surface area contributed by atoms with Crippen LogP contribution in [0.3, 0.4) is 0 Å². The summed E-state index contributed by atoms with van der Waals surface area (Å²) < 4.78 is 36.6. The Hall–Kier alpha value is -1.04. The topological polar surface area (TPSA) is 38.0 Å². The van der Waals surface area contributed by atoms with Crippen LogP contribution in [0.2, 0.25) is 0 Å². The number of nitrogens with zero attached hydrogens (tertiary/aromatic N) is 2. The van der Waals surface area contributed by atoms with Crippen LogP contribution in [0.1, 0.15) is 5.56 Å². The Bertz CT molecular complexity index is 282. The van der Waals surface area contributed by atoms with Gasteiger partial charge >= 0.3 is 6.18 Å². The number of aliphatic hydroxyl groups excluding tert-OH is 1. The van der Waals surface area contributed by atoms with E-state index in [1.807, 2.05) is 0 Å². The molecular weight excluding hydrogens is 185 g/mol. The van der Waals surface area contributed by atoms with Crippen LogP contribution in [0.15, 0.2) is 12.4 Å². The fourth-order valence-electron chi connectivity index (χ4n) is 0.847. The van der Waals surface area contributed by atoms with Crippen LogP contribution in [-0.4, -0.2) is 27.2 Å². The summed E-state index contributed by atoms with van der Waals surface area (Å²) in [4.78, 5) is 0. The fourth-order valence-corrected chi connectivity index (χ4v) is 0.847. The van der Waals surface area contributed by atoms with Crippen molar-refractivity contribution in [3.8, 4) is 0 Å². The van der Waals surface area contributed by atoms with Crippen molar-refractivity contribution in [2.45, 2.75) is 25.7 Å². The summed E-state index contributed by atoms with van der Waals surface area (Å²) in [6.45, 7) is 1.15. The number of aromatic nitrogens is 2. The van der Waals surface area contributed by atoms with E-state index in [1.165, 1.54) is 12.4 Å². The zero-order valence-corrected chi connectivity index (χ0v) is 6.91. The molecule has 1 heterocycles. The second kappa shape index (κ2) is 3.37. The Labute approximate surface area is 72.8 Å². The van der Waals surface area contributed by atoms with Gasteiger partial charge in [0.2, 0.25) is 0 Å². The van der Waals surface area contributed by atoms with E-state index in [0.29, 0.717) is 0 Å². The third-order valence-electron chi connectivity index (χ3n) is 1.50. The van der Waals surface area contributed by atoms with Gasteiger partial charge in [-0.25, -0.2) is 0 Å². The highest BCUT2D eigenvalue weighted by atomic mass is 19.4. The van der Waals surface area contributed by atoms with Gasteiger partial charge in [0, 0.05) is 6.20 Å². The third kappa shape index (κ3) is 2.73. The summed E-state index contributed by atoms with van der Waals surface area (Å²) >= 11 is 0. The van der Waals surface area contributed by atoms with Crippen molar-refractivity contribution in [3.63, 3.8) is 0 Å². The lowest BCUT2D eigenvalue weighted by molar-refractivity contribution is -0.208. The first-order valence-electron chi connectivity index (χ1n) is 3.63. The molecule has 0 aliphatic rings. The predicted octanol–water partition coefficient (Wildman–Crippen LogP) is 1.11. The summed E-state index contributed by atoms with van der Waals surface area (Å²) in [6, 6.07) is 0. The lowest BCUT2D eigenvalue weighted by Crippen LogP contribution is -2.32. The summed E-state index contributed by atoms with van der Waals surface area (Å²) in [5, 5.41) is 12.3. The molecule has 1 N–H and O–H groups in total. The van der Waals surface area contributed by atoms with Crippen molar-refractivity contribution in [2.75, 3.05) is 0 Å². The second-order valence-electron chi connectivity index (χ2n) is 2.80. The van der Waals surface area contributed by atoms with Crippen molar-refractivity contribution in [3.05, 3.63) is 18.0 Å². The molecule has 0 bridgehead atoms. The Morgan fingerprint density at radius 1 is 1.62 bits per heavy atom. The molecule has 1 atom stereocenters. The summed E-state index contributed by atoms with van der Waals surface area (Å²) in [5.74, 6) is 0. The van der Waals surface area contributed by atoms with Gasteiger partial charge < -0.3 is 5.11 Å². The van der Waals surface area contributed by atoms with E-state index in [-0.39, 0.29) is 0 Å². The first-order chi connectivity index (χ1) is 5.89. The minimum Gasteiger partial charge on any atom is -0.382 e. The molecule has 0 aromatic carbocycles. The molecule has 0 fully saturated rings. The number of halogens is 3. The van der Waals surface area contributed by atoms with Gasteiger partial charge in [0.1, 0.15) is 0 Å². The monoisotopic (exact) mass is 194 g/mol. The van der Waals surface area contributed by atoms with E-state index in [1.54, 1.807) is 6.92 Å². The summed E-state index contributed by atoms with van der Waals surface area (Å²) in [7, 11) is 0. The first-order valence-corrected chi connectivity index (χ1v) is 3.63. The van der Waals surface area contributed by atoms with Gasteiger partial charge in [-0.15, -0.1) is 0 Å². The minimum atomic E-state index is -4.58. The van der Waals surface area contributed by atoms with Crippen LogP contribution in [0.25, 0.3) is 0 Å². The van der Waals surface area contributed by atoms with E-state index in [0.717, 1.165) is 10.2 Å². The standard InChI is InChI=1S/C7H9F3N2O/c1-5-2-11-12(3-5)4-6(13)7(8,9)10/h2-3,6,13H,4H2,1H3/t6-/m0/s1. The van der Waals surface area contributed by atoms with Crippen molar-refractivity contribution in [1.29, 1.82) is 0 Å². The van der Waals surface area contributed by atoms with Crippen LogP contribution in [-0.2, 0) is 6.54 Å². The minimum absolute atomic E-state index is 0.558. The van der Waals surface area contributed by atoms with E-state index in [4.69, 9.17) is 5.11 Å². The molecule has 0 unspecified atom stereocenters. The normalized spacial score (nSPS) is 14.5. The zero-order valence-electron chi connectivity index (χ0n) is 6.91. The maximum Gasteiger partial charge on any atom is 0.416 e. The number of hydrogen-bond donors (Lipinski definition) is 1. The highest BCUT2D eigenvalue weighted by molar-refractivity contribution is 4.99. The highest BCUT2D eigenvalue weighted by Gasteiger charge is 2.38. The van der Waals surface area contributed by atoms with Crippen LogP contribution >= 0.6 is 0 Å². The van der Waals surface area contributed by atoms with E-state index in [9.17, 15) is 13.2 Å². The molecule has 0 aliphatic heterocycles. The van der Waals surface area contributed by atoms with Gasteiger partial charge in [0.05, 0.1) is 12.7 Å². The Morgan fingerprint density at radius 3 is 2.62 bits per heavy atom. The first kappa shape index (κ1) is 10.0. The molecule has 0 amide bonds. The molecule has 0 saturated heterocycles. The Balaban J connectivity index is 2.60. The Kier molecular flexibility index (Phi) is 2.60. The summed E-state index contributed by atoms with van der Waals surface area (Å²) in [6.07, 6.45) is -4.07. The molecule has 1 rings (SSSR count). The van der Waals surface area contributed by atoms with Crippen LogP contribution in [0, 0.1) is 6.92 Å². The van der Waals surface area contributed by atoms with Crippen LogP contribution < -0.4 is 0 Å².